The van der Waals surface area contributed by atoms with Gasteiger partial charge in [-0.15, -0.1) is 0 Å². The van der Waals surface area contributed by atoms with Crippen molar-refractivity contribution in [3.05, 3.63) is 29.3 Å². The fourth-order valence-electron chi connectivity index (χ4n) is 3.91. The molecule has 144 valence electrons. The summed E-state index contributed by atoms with van der Waals surface area (Å²) in [5.41, 5.74) is 3.41. The van der Waals surface area contributed by atoms with E-state index in [0.29, 0.717) is 31.6 Å². The number of hydrogen-bond donors (Lipinski definition) is 1. The largest absolute Gasteiger partial charge is 0.347 e. The summed E-state index contributed by atoms with van der Waals surface area (Å²) in [5.74, 6) is 0.414. The highest BCUT2D eigenvalue weighted by atomic mass is 16.7. The Morgan fingerprint density at radius 2 is 1.62 bits per heavy atom. The molecule has 2 fully saturated rings. The fourth-order valence-corrected chi connectivity index (χ4v) is 3.91. The highest BCUT2D eigenvalue weighted by Crippen LogP contribution is 2.33. The number of likely N-dealkylation sites (tertiary alicyclic amines) is 1. The molecule has 2 aliphatic heterocycles. The van der Waals surface area contributed by atoms with Gasteiger partial charge in [-0.3, -0.25) is 9.69 Å². The van der Waals surface area contributed by atoms with Crippen molar-refractivity contribution in [3.63, 3.8) is 0 Å². The minimum absolute atomic E-state index is 0.0595. The standard InChI is InChI=1S/C21H32N2O3/c1-15(2)17-6-5-7-18(16(3)4)20(17)22-19(24)14-23-10-8-21(9-11-23)25-12-13-26-21/h5-7,15-16H,8-14H2,1-4H3,(H,22,24). The van der Waals surface area contributed by atoms with Gasteiger partial charge in [0.15, 0.2) is 5.79 Å². The van der Waals surface area contributed by atoms with Crippen LogP contribution in [0.3, 0.4) is 0 Å². The van der Waals surface area contributed by atoms with Crippen LogP contribution in [0.2, 0.25) is 0 Å². The molecular formula is C21H32N2O3. The number of amides is 1. The van der Waals surface area contributed by atoms with Gasteiger partial charge < -0.3 is 14.8 Å². The van der Waals surface area contributed by atoms with E-state index in [1.165, 1.54) is 11.1 Å². The molecule has 1 spiro atoms. The maximum absolute atomic E-state index is 12.7. The minimum atomic E-state index is -0.387. The highest BCUT2D eigenvalue weighted by Gasteiger charge is 2.39. The Bertz CT molecular complexity index is 600. The van der Waals surface area contributed by atoms with E-state index >= 15 is 0 Å². The Morgan fingerprint density at radius 3 is 2.12 bits per heavy atom. The third-order valence-electron chi connectivity index (χ3n) is 5.44. The third-order valence-corrected chi connectivity index (χ3v) is 5.44. The summed E-state index contributed by atoms with van der Waals surface area (Å²) < 4.78 is 11.5. The first-order valence-electron chi connectivity index (χ1n) is 9.83. The number of rotatable bonds is 5. The van der Waals surface area contributed by atoms with Crippen molar-refractivity contribution in [2.24, 2.45) is 0 Å². The lowest BCUT2D eigenvalue weighted by molar-refractivity contribution is -0.185. The molecule has 26 heavy (non-hydrogen) atoms. The van der Waals surface area contributed by atoms with E-state index in [2.05, 4.69) is 56.1 Å². The zero-order valence-corrected chi connectivity index (χ0v) is 16.5. The molecule has 0 radical (unpaired) electrons. The summed E-state index contributed by atoms with van der Waals surface area (Å²) in [7, 11) is 0. The van der Waals surface area contributed by atoms with E-state index < -0.39 is 0 Å². The molecule has 1 aromatic rings. The number of hydrogen-bond acceptors (Lipinski definition) is 4. The number of benzene rings is 1. The zero-order chi connectivity index (χ0) is 18.7. The average Bonchev–Trinajstić information content (AvgIpc) is 3.05. The second-order valence-corrected chi connectivity index (χ2v) is 8.05. The highest BCUT2D eigenvalue weighted by molar-refractivity contribution is 5.94. The lowest BCUT2D eigenvalue weighted by atomic mass is 9.92. The molecule has 1 N–H and O–H groups in total. The first-order chi connectivity index (χ1) is 12.4. The van der Waals surface area contributed by atoms with Gasteiger partial charge in [0.05, 0.1) is 19.8 Å². The first-order valence-corrected chi connectivity index (χ1v) is 9.83. The molecule has 2 aliphatic rings. The van der Waals surface area contributed by atoms with Crippen LogP contribution in [0.5, 0.6) is 0 Å². The van der Waals surface area contributed by atoms with Crippen LogP contribution in [0.15, 0.2) is 18.2 Å². The molecule has 3 rings (SSSR count). The maximum atomic E-state index is 12.7. The van der Waals surface area contributed by atoms with Gasteiger partial charge >= 0.3 is 0 Å². The summed E-state index contributed by atoms with van der Waals surface area (Å²) in [6.07, 6.45) is 1.67. The van der Waals surface area contributed by atoms with Crippen LogP contribution in [0.4, 0.5) is 5.69 Å². The second kappa shape index (κ2) is 8.07. The molecule has 0 saturated carbocycles. The molecule has 0 aliphatic carbocycles. The molecule has 5 nitrogen and oxygen atoms in total. The van der Waals surface area contributed by atoms with E-state index in [1.54, 1.807) is 0 Å². The lowest BCUT2D eigenvalue weighted by Gasteiger charge is -2.37. The summed E-state index contributed by atoms with van der Waals surface area (Å²) in [5, 5.41) is 3.21. The number of carbonyl (C=O) groups excluding carboxylic acids is 1. The molecule has 0 bridgehead atoms. The van der Waals surface area contributed by atoms with Crippen LogP contribution < -0.4 is 5.32 Å². The van der Waals surface area contributed by atoms with Crippen LogP contribution in [-0.2, 0) is 14.3 Å². The molecule has 2 saturated heterocycles. The van der Waals surface area contributed by atoms with Crippen molar-refractivity contribution in [1.29, 1.82) is 0 Å². The maximum Gasteiger partial charge on any atom is 0.238 e. The zero-order valence-electron chi connectivity index (χ0n) is 16.5. The number of piperidine rings is 1. The summed E-state index contributed by atoms with van der Waals surface area (Å²) >= 11 is 0. The van der Waals surface area contributed by atoms with Crippen molar-refractivity contribution >= 4 is 11.6 Å². The number of carbonyl (C=O) groups is 1. The fraction of sp³-hybridized carbons (Fsp3) is 0.667. The quantitative estimate of drug-likeness (QED) is 0.870. The minimum Gasteiger partial charge on any atom is -0.347 e. The SMILES string of the molecule is CC(C)c1cccc(C(C)C)c1NC(=O)CN1CCC2(CC1)OCCO2. The van der Waals surface area contributed by atoms with Gasteiger partial charge in [0.1, 0.15) is 0 Å². The third kappa shape index (κ3) is 4.27. The molecule has 1 amide bonds. The topological polar surface area (TPSA) is 50.8 Å². The molecule has 2 heterocycles. The van der Waals surface area contributed by atoms with E-state index in [9.17, 15) is 4.79 Å². The Hall–Kier alpha value is -1.43. The number of para-hydroxylation sites is 1. The number of nitrogens with one attached hydrogen (secondary N) is 1. The monoisotopic (exact) mass is 360 g/mol. The van der Waals surface area contributed by atoms with Crippen LogP contribution >= 0.6 is 0 Å². The predicted molar refractivity (Wildman–Crippen MR) is 104 cm³/mol. The second-order valence-electron chi connectivity index (χ2n) is 8.05. The molecule has 0 atom stereocenters. The van der Waals surface area contributed by atoms with E-state index in [0.717, 1.165) is 31.6 Å². The lowest BCUT2D eigenvalue weighted by Crippen LogP contribution is -2.47. The van der Waals surface area contributed by atoms with Gasteiger partial charge in [0.25, 0.3) is 0 Å². The molecule has 5 heteroatoms. The van der Waals surface area contributed by atoms with Crippen LogP contribution in [0.1, 0.15) is 63.5 Å². The van der Waals surface area contributed by atoms with Gasteiger partial charge in [-0.1, -0.05) is 45.9 Å². The Balaban J connectivity index is 1.63. The summed E-state index contributed by atoms with van der Waals surface area (Å²) in [4.78, 5) is 14.9. The molecule has 0 unspecified atom stereocenters. The normalized spacial score (nSPS) is 20.2. The van der Waals surface area contributed by atoms with Gasteiger partial charge in [0.2, 0.25) is 5.91 Å². The molecular weight excluding hydrogens is 328 g/mol. The Labute approximate surface area is 157 Å². The summed E-state index contributed by atoms with van der Waals surface area (Å²) in [6, 6.07) is 6.32. The average molecular weight is 360 g/mol. The smallest absolute Gasteiger partial charge is 0.238 e. The van der Waals surface area contributed by atoms with Crippen molar-refractivity contribution in [1.82, 2.24) is 4.90 Å². The van der Waals surface area contributed by atoms with Gasteiger partial charge in [-0.25, -0.2) is 0 Å². The Kier molecular flexibility index (Phi) is 6.00. The van der Waals surface area contributed by atoms with Crippen molar-refractivity contribution in [2.45, 2.75) is 58.2 Å². The van der Waals surface area contributed by atoms with Crippen LogP contribution in [0, 0.1) is 0 Å². The van der Waals surface area contributed by atoms with Crippen molar-refractivity contribution in [3.8, 4) is 0 Å². The first kappa shape index (κ1) is 19.3. The van der Waals surface area contributed by atoms with Crippen molar-refractivity contribution in [2.75, 3.05) is 38.2 Å². The predicted octanol–water partition coefficient (Wildman–Crippen LogP) is 3.71. The van der Waals surface area contributed by atoms with E-state index in [1.807, 2.05) is 0 Å². The van der Waals surface area contributed by atoms with E-state index in [-0.39, 0.29) is 11.7 Å². The molecule has 0 aromatic heterocycles. The number of nitrogens with zero attached hydrogens (tertiary/aromatic N) is 1. The molecule has 1 aromatic carbocycles. The van der Waals surface area contributed by atoms with Gasteiger partial charge in [-0.05, 0) is 23.0 Å². The number of anilines is 1. The Morgan fingerprint density at radius 1 is 1.08 bits per heavy atom. The summed E-state index contributed by atoms with van der Waals surface area (Å²) in [6.45, 7) is 12.1. The van der Waals surface area contributed by atoms with Gasteiger partial charge in [-0.2, -0.15) is 0 Å². The van der Waals surface area contributed by atoms with Crippen LogP contribution in [0.25, 0.3) is 0 Å². The van der Waals surface area contributed by atoms with Crippen LogP contribution in [-0.4, -0.2) is 49.4 Å². The van der Waals surface area contributed by atoms with Gasteiger partial charge in [0, 0.05) is 31.6 Å². The number of ether oxygens (including phenoxy) is 2. The van der Waals surface area contributed by atoms with Crippen molar-refractivity contribution < 1.29 is 14.3 Å². The van der Waals surface area contributed by atoms with E-state index in [4.69, 9.17) is 9.47 Å².